The SMILES string of the molecule is CCc1sc(C(=O)NNC(=O)c2c(C)oc(-n3cccc3)c2C#N)cc1C. The zero-order chi connectivity index (χ0) is 19.6. The van der Waals surface area contributed by atoms with E-state index in [-0.39, 0.29) is 17.0 Å². The lowest BCUT2D eigenvalue weighted by atomic mass is 10.1. The third kappa shape index (κ3) is 3.50. The van der Waals surface area contributed by atoms with Crippen LogP contribution in [0.5, 0.6) is 0 Å². The van der Waals surface area contributed by atoms with E-state index in [0.29, 0.717) is 10.6 Å². The van der Waals surface area contributed by atoms with E-state index < -0.39 is 11.8 Å². The largest absolute Gasteiger partial charge is 0.443 e. The van der Waals surface area contributed by atoms with E-state index in [1.807, 2.05) is 19.9 Å². The van der Waals surface area contributed by atoms with Crippen molar-refractivity contribution in [2.75, 3.05) is 0 Å². The Labute approximate surface area is 160 Å². The fourth-order valence-electron chi connectivity index (χ4n) is 2.78. The molecule has 0 saturated heterocycles. The average molecular weight is 382 g/mol. The lowest BCUT2D eigenvalue weighted by Crippen LogP contribution is -2.41. The highest BCUT2D eigenvalue weighted by atomic mass is 32.1. The van der Waals surface area contributed by atoms with Crippen molar-refractivity contribution in [3.05, 3.63) is 62.8 Å². The zero-order valence-electron chi connectivity index (χ0n) is 15.1. The minimum Gasteiger partial charge on any atom is -0.443 e. The molecule has 138 valence electrons. The van der Waals surface area contributed by atoms with E-state index >= 15 is 0 Å². The second-order valence-electron chi connectivity index (χ2n) is 5.89. The fraction of sp³-hybridized carbons (Fsp3) is 0.211. The van der Waals surface area contributed by atoms with Gasteiger partial charge in [0.25, 0.3) is 11.8 Å². The molecular formula is C19H18N4O3S. The molecule has 2 amide bonds. The Morgan fingerprint density at radius 2 is 1.89 bits per heavy atom. The minimum atomic E-state index is -0.608. The first-order valence-corrected chi connectivity index (χ1v) is 9.14. The van der Waals surface area contributed by atoms with Crippen LogP contribution in [-0.4, -0.2) is 16.4 Å². The molecule has 0 saturated carbocycles. The van der Waals surface area contributed by atoms with E-state index in [0.717, 1.165) is 16.9 Å². The first-order chi connectivity index (χ1) is 13.0. The summed E-state index contributed by atoms with van der Waals surface area (Å²) in [6.45, 7) is 5.57. The number of thiophene rings is 1. The molecule has 0 atom stereocenters. The first-order valence-electron chi connectivity index (χ1n) is 8.33. The van der Waals surface area contributed by atoms with Gasteiger partial charge in [0, 0.05) is 17.3 Å². The normalized spacial score (nSPS) is 10.4. The van der Waals surface area contributed by atoms with Gasteiger partial charge in [0.2, 0.25) is 5.88 Å². The summed E-state index contributed by atoms with van der Waals surface area (Å²) in [7, 11) is 0. The molecular weight excluding hydrogens is 364 g/mol. The van der Waals surface area contributed by atoms with Crippen molar-refractivity contribution in [1.29, 1.82) is 5.26 Å². The van der Waals surface area contributed by atoms with Gasteiger partial charge >= 0.3 is 0 Å². The number of carbonyl (C=O) groups excluding carboxylic acids is 2. The molecule has 3 rings (SSSR count). The molecule has 7 nitrogen and oxygen atoms in total. The number of carbonyl (C=O) groups is 2. The zero-order valence-corrected chi connectivity index (χ0v) is 15.9. The predicted molar refractivity (Wildman–Crippen MR) is 101 cm³/mol. The smallest absolute Gasteiger partial charge is 0.279 e. The molecule has 0 bridgehead atoms. The molecule has 3 aromatic heterocycles. The second kappa shape index (κ2) is 7.51. The molecule has 8 heteroatoms. The molecule has 0 unspecified atom stereocenters. The van der Waals surface area contributed by atoms with Crippen molar-refractivity contribution in [2.45, 2.75) is 27.2 Å². The van der Waals surface area contributed by atoms with Gasteiger partial charge < -0.3 is 4.42 Å². The monoisotopic (exact) mass is 382 g/mol. The number of nitrogens with one attached hydrogen (secondary N) is 2. The molecule has 0 aliphatic heterocycles. The maximum atomic E-state index is 12.5. The van der Waals surface area contributed by atoms with Crippen LogP contribution in [0.25, 0.3) is 5.88 Å². The quantitative estimate of drug-likeness (QED) is 0.677. The van der Waals surface area contributed by atoms with Crippen LogP contribution < -0.4 is 10.9 Å². The fourth-order valence-corrected chi connectivity index (χ4v) is 3.79. The molecule has 0 radical (unpaired) electrons. The standard InChI is InChI=1S/C19H18N4O3S/c1-4-14-11(2)9-15(27-14)17(24)21-22-18(25)16-12(3)26-19(13(16)10-20)23-7-5-6-8-23/h5-9H,4H2,1-3H3,(H,21,24)(H,22,25). The summed E-state index contributed by atoms with van der Waals surface area (Å²) in [5.74, 6) is -0.454. The van der Waals surface area contributed by atoms with Gasteiger partial charge in [0.15, 0.2) is 0 Å². The molecule has 27 heavy (non-hydrogen) atoms. The Morgan fingerprint density at radius 1 is 1.22 bits per heavy atom. The molecule has 0 spiro atoms. The van der Waals surface area contributed by atoms with Gasteiger partial charge in [-0.15, -0.1) is 11.3 Å². The van der Waals surface area contributed by atoms with Crippen LogP contribution in [0.1, 0.15) is 48.7 Å². The van der Waals surface area contributed by atoms with Crippen molar-refractivity contribution in [3.8, 4) is 12.0 Å². The number of rotatable bonds is 4. The van der Waals surface area contributed by atoms with E-state index in [1.165, 1.54) is 11.3 Å². The number of amides is 2. The Bertz CT molecular complexity index is 1040. The van der Waals surface area contributed by atoms with Crippen LogP contribution in [0.4, 0.5) is 0 Å². The highest BCUT2D eigenvalue weighted by Gasteiger charge is 2.25. The predicted octanol–water partition coefficient (Wildman–Crippen LogP) is 3.26. The minimum absolute atomic E-state index is 0.0955. The van der Waals surface area contributed by atoms with Crippen LogP contribution in [-0.2, 0) is 6.42 Å². The van der Waals surface area contributed by atoms with Crippen LogP contribution in [0.2, 0.25) is 0 Å². The Hall–Kier alpha value is -3.31. The van der Waals surface area contributed by atoms with Crippen LogP contribution in [0.15, 0.2) is 35.0 Å². The Kier molecular flexibility index (Phi) is 5.14. The molecule has 3 heterocycles. The number of hydrazine groups is 1. The van der Waals surface area contributed by atoms with E-state index in [1.54, 1.807) is 42.1 Å². The van der Waals surface area contributed by atoms with Crippen molar-refractivity contribution in [2.24, 2.45) is 0 Å². The molecule has 0 aliphatic carbocycles. The van der Waals surface area contributed by atoms with Crippen LogP contribution in [0.3, 0.4) is 0 Å². The van der Waals surface area contributed by atoms with Gasteiger partial charge in [-0.1, -0.05) is 6.92 Å². The summed E-state index contributed by atoms with van der Waals surface area (Å²) < 4.78 is 7.21. The molecule has 0 aliphatic rings. The van der Waals surface area contributed by atoms with Gasteiger partial charge in [0.05, 0.1) is 4.88 Å². The van der Waals surface area contributed by atoms with Crippen LogP contribution >= 0.6 is 11.3 Å². The second-order valence-corrected chi connectivity index (χ2v) is 7.03. The third-order valence-electron chi connectivity index (χ3n) is 4.10. The number of aromatic nitrogens is 1. The van der Waals surface area contributed by atoms with Gasteiger partial charge in [-0.3, -0.25) is 25.0 Å². The number of hydrogen-bond acceptors (Lipinski definition) is 5. The number of nitriles is 1. The summed E-state index contributed by atoms with van der Waals surface area (Å²) in [4.78, 5) is 26.5. The van der Waals surface area contributed by atoms with Crippen LogP contribution in [0, 0.1) is 25.2 Å². The van der Waals surface area contributed by atoms with Crippen molar-refractivity contribution in [1.82, 2.24) is 15.4 Å². The average Bonchev–Trinajstić information content (AvgIpc) is 3.37. The number of aryl methyl sites for hydroxylation is 3. The van der Waals surface area contributed by atoms with Crippen molar-refractivity contribution < 1.29 is 14.0 Å². The Morgan fingerprint density at radius 3 is 2.48 bits per heavy atom. The maximum Gasteiger partial charge on any atom is 0.279 e. The topological polar surface area (TPSA) is 100 Å². The van der Waals surface area contributed by atoms with Gasteiger partial charge in [-0.2, -0.15) is 5.26 Å². The highest BCUT2D eigenvalue weighted by Crippen LogP contribution is 2.25. The van der Waals surface area contributed by atoms with E-state index in [9.17, 15) is 14.9 Å². The molecule has 2 N–H and O–H groups in total. The number of hydrogen-bond donors (Lipinski definition) is 2. The summed E-state index contributed by atoms with van der Waals surface area (Å²) in [5.41, 5.74) is 6.02. The molecule has 0 fully saturated rings. The lowest BCUT2D eigenvalue weighted by Gasteiger charge is -2.05. The summed E-state index contributed by atoms with van der Waals surface area (Å²) in [6.07, 6.45) is 4.28. The van der Waals surface area contributed by atoms with E-state index in [4.69, 9.17) is 4.42 Å². The van der Waals surface area contributed by atoms with Gasteiger partial charge in [0.1, 0.15) is 23.0 Å². The lowest BCUT2D eigenvalue weighted by molar-refractivity contribution is 0.0847. The maximum absolute atomic E-state index is 12.5. The molecule has 3 aromatic rings. The third-order valence-corrected chi connectivity index (χ3v) is 5.48. The summed E-state index contributed by atoms with van der Waals surface area (Å²) >= 11 is 1.39. The van der Waals surface area contributed by atoms with Crippen molar-refractivity contribution >= 4 is 23.2 Å². The summed E-state index contributed by atoms with van der Waals surface area (Å²) in [6, 6.07) is 7.37. The summed E-state index contributed by atoms with van der Waals surface area (Å²) in [5, 5.41) is 9.49. The molecule has 0 aromatic carbocycles. The Balaban J connectivity index is 1.78. The van der Waals surface area contributed by atoms with Gasteiger partial charge in [-0.25, -0.2) is 0 Å². The van der Waals surface area contributed by atoms with Gasteiger partial charge in [-0.05, 0) is 44.0 Å². The van der Waals surface area contributed by atoms with Crippen molar-refractivity contribution in [3.63, 3.8) is 0 Å². The van der Waals surface area contributed by atoms with E-state index in [2.05, 4.69) is 10.9 Å². The number of furan rings is 1. The number of nitrogens with zero attached hydrogens (tertiary/aromatic N) is 2. The highest BCUT2D eigenvalue weighted by molar-refractivity contribution is 7.14. The first kappa shape index (κ1) is 18.5.